The molecule has 0 atom stereocenters. The number of nitrogens with one attached hydrogen (secondary N) is 1. The molecule has 0 aliphatic heterocycles. The average molecular weight is 306 g/mol. The number of nitrogens with zero attached hydrogens (tertiary/aromatic N) is 1. The van der Waals surface area contributed by atoms with Crippen LogP contribution in [0.15, 0.2) is 24.3 Å². The van der Waals surface area contributed by atoms with E-state index in [9.17, 15) is 26.3 Å². The van der Waals surface area contributed by atoms with Gasteiger partial charge in [0.1, 0.15) is 5.82 Å². The molecule has 0 radical (unpaired) electrons. The van der Waals surface area contributed by atoms with E-state index in [1.54, 1.807) is 0 Å². The Balaban J connectivity index is 2.67. The van der Waals surface area contributed by atoms with Gasteiger partial charge in [-0.3, -0.25) is 0 Å². The summed E-state index contributed by atoms with van der Waals surface area (Å²) in [5.41, 5.74) is -2.09. The summed E-state index contributed by atoms with van der Waals surface area (Å²) in [6, 6.07) is 2.74. The summed E-state index contributed by atoms with van der Waals surface area (Å²) in [4.78, 5) is 3.73. The molecule has 0 amide bonds. The molecule has 0 fully saturated rings. The van der Waals surface area contributed by atoms with Crippen LogP contribution in [0.3, 0.4) is 0 Å². The Morgan fingerprint density at radius 3 is 2.24 bits per heavy atom. The summed E-state index contributed by atoms with van der Waals surface area (Å²) in [5.74, 6) is -4.97. The topological polar surface area (TPSA) is 24.9 Å². The highest BCUT2D eigenvalue weighted by Crippen LogP contribution is 2.34. The fourth-order valence-electron chi connectivity index (χ4n) is 1.68. The van der Waals surface area contributed by atoms with Gasteiger partial charge in [0.05, 0.1) is 11.3 Å². The highest BCUT2D eigenvalue weighted by atomic mass is 19.4. The predicted molar refractivity (Wildman–Crippen MR) is 64.1 cm³/mol. The van der Waals surface area contributed by atoms with Crippen LogP contribution in [0.4, 0.5) is 32.2 Å². The van der Waals surface area contributed by atoms with Crippen LogP contribution < -0.4 is 5.32 Å². The molecule has 0 saturated heterocycles. The Morgan fingerprint density at radius 2 is 1.67 bits per heavy atom. The van der Waals surface area contributed by atoms with Crippen LogP contribution in [0.5, 0.6) is 0 Å². The quantitative estimate of drug-likeness (QED) is 0.663. The van der Waals surface area contributed by atoms with Crippen molar-refractivity contribution in [2.75, 3.05) is 12.4 Å². The van der Waals surface area contributed by atoms with Crippen molar-refractivity contribution in [3.05, 3.63) is 47.3 Å². The van der Waals surface area contributed by atoms with Gasteiger partial charge in [-0.2, -0.15) is 13.2 Å². The number of hydrogen-bond donors (Lipinski definition) is 1. The lowest BCUT2D eigenvalue weighted by atomic mass is 10.1. The Labute approximate surface area is 115 Å². The molecule has 112 valence electrons. The highest BCUT2D eigenvalue weighted by Gasteiger charge is 2.32. The lowest BCUT2D eigenvalue weighted by Crippen LogP contribution is -2.08. The normalized spacial score (nSPS) is 11.6. The Morgan fingerprint density at radius 1 is 1.00 bits per heavy atom. The predicted octanol–water partition coefficient (Wildman–Crippen LogP) is 4.23. The first kappa shape index (κ1) is 15.1. The second-order valence-corrected chi connectivity index (χ2v) is 4.10. The Kier molecular flexibility index (Phi) is 3.80. The van der Waals surface area contributed by atoms with Crippen LogP contribution in [0, 0.1) is 17.5 Å². The molecule has 0 saturated carbocycles. The SMILES string of the molecule is CNc1cc(C(F)(F)F)cc(-c2ccc(F)c(F)c2F)n1. The van der Waals surface area contributed by atoms with Crippen LogP contribution in [0.25, 0.3) is 11.3 Å². The zero-order chi connectivity index (χ0) is 15.8. The standard InChI is InChI=1S/C13H8F6N2/c1-20-10-5-6(13(17,18)19)4-9(21-10)7-2-3-8(14)12(16)11(7)15/h2-5H,1H3,(H,20,21). The van der Waals surface area contributed by atoms with Gasteiger partial charge in [-0.25, -0.2) is 18.2 Å². The van der Waals surface area contributed by atoms with Crippen molar-refractivity contribution in [2.24, 2.45) is 0 Å². The minimum absolute atomic E-state index is 0.177. The van der Waals surface area contributed by atoms with E-state index < -0.39 is 40.4 Å². The molecule has 0 spiro atoms. The molecule has 2 aromatic rings. The molecule has 1 aromatic heterocycles. The summed E-state index contributed by atoms with van der Waals surface area (Å²) >= 11 is 0. The third-order valence-corrected chi connectivity index (χ3v) is 2.72. The lowest BCUT2D eigenvalue weighted by Gasteiger charge is -2.12. The summed E-state index contributed by atoms with van der Waals surface area (Å²) < 4.78 is 78.0. The van der Waals surface area contributed by atoms with Gasteiger partial charge in [-0.15, -0.1) is 0 Å². The molecule has 0 bridgehead atoms. The minimum Gasteiger partial charge on any atom is -0.373 e. The molecule has 0 aliphatic rings. The van der Waals surface area contributed by atoms with Gasteiger partial charge in [0, 0.05) is 12.6 Å². The Hall–Kier alpha value is -2.25. The molecule has 2 rings (SSSR count). The zero-order valence-electron chi connectivity index (χ0n) is 10.5. The van der Waals surface area contributed by atoms with Crippen molar-refractivity contribution in [1.29, 1.82) is 0 Å². The smallest absolute Gasteiger partial charge is 0.373 e. The highest BCUT2D eigenvalue weighted by molar-refractivity contribution is 5.63. The maximum absolute atomic E-state index is 13.7. The molecule has 1 N–H and O–H groups in total. The second kappa shape index (κ2) is 5.27. The largest absolute Gasteiger partial charge is 0.416 e. The molecule has 21 heavy (non-hydrogen) atoms. The molecular formula is C13H8F6N2. The maximum atomic E-state index is 13.7. The fourth-order valence-corrected chi connectivity index (χ4v) is 1.68. The second-order valence-electron chi connectivity index (χ2n) is 4.10. The summed E-state index contributed by atoms with van der Waals surface area (Å²) in [5, 5.41) is 2.39. The molecular weight excluding hydrogens is 298 g/mol. The molecule has 1 aromatic carbocycles. The minimum atomic E-state index is -4.68. The van der Waals surface area contributed by atoms with E-state index in [0.717, 1.165) is 12.1 Å². The van der Waals surface area contributed by atoms with Crippen LogP contribution in [-0.2, 0) is 6.18 Å². The van der Waals surface area contributed by atoms with E-state index >= 15 is 0 Å². The van der Waals surface area contributed by atoms with Gasteiger partial charge < -0.3 is 5.32 Å². The number of pyridine rings is 1. The third-order valence-electron chi connectivity index (χ3n) is 2.72. The zero-order valence-corrected chi connectivity index (χ0v) is 10.5. The first-order chi connectivity index (χ1) is 9.74. The number of aromatic nitrogens is 1. The van der Waals surface area contributed by atoms with Crippen LogP contribution >= 0.6 is 0 Å². The maximum Gasteiger partial charge on any atom is 0.416 e. The first-order valence-corrected chi connectivity index (χ1v) is 5.65. The van der Waals surface area contributed by atoms with Gasteiger partial charge in [0.15, 0.2) is 17.5 Å². The van der Waals surface area contributed by atoms with Crippen LogP contribution in [0.2, 0.25) is 0 Å². The van der Waals surface area contributed by atoms with E-state index in [1.807, 2.05) is 0 Å². The summed E-state index contributed by atoms with van der Waals surface area (Å²) in [6.07, 6.45) is -4.68. The number of rotatable bonds is 2. The molecule has 1 heterocycles. The van der Waals surface area contributed by atoms with Gasteiger partial charge in [-0.1, -0.05) is 0 Å². The fraction of sp³-hybridized carbons (Fsp3) is 0.154. The van der Waals surface area contributed by atoms with Crippen molar-refractivity contribution >= 4 is 5.82 Å². The van der Waals surface area contributed by atoms with E-state index in [0.29, 0.717) is 12.1 Å². The number of alkyl halides is 3. The van der Waals surface area contributed by atoms with Gasteiger partial charge >= 0.3 is 6.18 Å². The molecule has 0 unspecified atom stereocenters. The van der Waals surface area contributed by atoms with Crippen molar-refractivity contribution in [2.45, 2.75) is 6.18 Å². The molecule has 2 nitrogen and oxygen atoms in total. The Bertz CT molecular complexity index is 681. The number of benzene rings is 1. The van der Waals surface area contributed by atoms with E-state index in [-0.39, 0.29) is 5.82 Å². The lowest BCUT2D eigenvalue weighted by molar-refractivity contribution is -0.137. The van der Waals surface area contributed by atoms with Crippen LogP contribution in [-0.4, -0.2) is 12.0 Å². The molecule has 8 heteroatoms. The first-order valence-electron chi connectivity index (χ1n) is 5.65. The summed E-state index contributed by atoms with van der Waals surface area (Å²) in [6.45, 7) is 0. The van der Waals surface area contributed by atoms with Gasteiger partial charge in [0.2, 0.25) is 0 Å². The number of hydrogen-bond acceptors (Lipinski definition) is 2. The average Bonchev–Trinajstić information content (AvgIpc) is 2.43. The van der Waals surface area contributed by atoms with Crippen LogP contribution in [0.1, 0.15) is 5.56 Å². The molecule has 0 aliphatic carbocycles. The number of anilines is 1. The third kappa shape index (κ3) is 2.93. The van der Waals surface area contributed by atoms with Crippen molar-refractivity contribution < 1.29 is 26.3 Å². The monoisotopic (exact) mass is 306 g/mol. The summed E-state index contributed by atoms with van der Waals surface area (Å²) in [7, 11) is 1.33. The number of halogens is 6. The van der Waals surface area contributed by atoms with Gasteiger partial charge in [0.25, 0.3) is 0 Å². The van der Waals surface area contributed by atoms with E-state index in [2.05, 4.69) is 10.3 Å². The van der Waals surface area contributed by atoms with E-state index in [1.165, 1.54) is 7.05 Å². The van der Waals surface area contributed by atoms with E-state index in [4.69, 9.17) is 0 Å². The van der Waals surface area contributed by atoms with Crippen molar-refractivity contribution in [1.82, 2.24) is 4.98 Å². The van der Waals surface area contributed by atoms with Gasteiger partial charge in [-0.05, 0) is 24.3 Å². The van der Waals surface area contributed by atoms with Crippen molar-refractivity contribution in [3.8, 4) is 11.3 Å². The van der Waals surface area contributed by atoms with Crippen molar-refractivity contribution in [3.63, 3.8) is 0 Å².